The second-order valence-corrected chi connectivity index (χ2v) is 11.9. The molecule has 0 aromatic heterocycles. The van der Waals surface area contributed by atoms with E-state index in [-0.39, 0.29) is 17.2 Å². The fourth-order valence-corrected chi connectivity index (χ4v) is 6.68. The zero-order chi connectivity index (χ0) is 26.9. The van der Waals surface area contributed by atoms with E-state index in [1.54, 1.807) is 0 Å². The van der Waals surface area contributed by atoms with Gasteiger partial charge in [0.05, 0.1) is 10.0 Å². The van der Waals surface area contributed by atoms with Gasteiger partial charge in [0.25, 0.3) is 5.91 Å². The van der Waals surface area contributed by atoms with Crippen molar-refractivity contribution >= 4 is 34.7 Å². The lowest BCUT2D eigenvalue weighted by molar-refractivity contribution is 0.0785. The van der Waals surface area contributed by atoms with Gasteiger partial charge < -0.3 is 10.2 Å². The second kappa shape index (κ2) is 11.3. The van der Waals surface area contributed by atoms with Crippen LogP contribution < -0.4 is 5.32 Å². The Bertz CT molecular complexity index is 1350. The first-order valence-corrected chi connectivity index (χ1v) is 14.3. The van der Waals surface area contributed by atoms with E-state index in [1.165, 1.54) is 16.7 Å². The Kier molecular flexibility index (Phi) is 8.00. The summed E-state index contributed by atoms with van der Waals surface area (Å²) in [6.07, 6.45) is 6.68. The molecule has 1 N–H and O–H groups in total. The van der Waals surface area contributed by atoms with Crippen molar-refractivity contribution in [3.63, 3.8) is 0 Å². The quantitative estimate of drug-likeness (QED) is 0.326. The van der Waals surface area contributed by atoms with Crippen LogP contribution in [-0.4, -0.2) is 37.5 Å². The SMILES string of the molecule is Cc1cc(C)cc(C(=O)N(C)C[C@@H](CCC2=CC3(CCNCC3)c3ccccc32)c2ccc(Cl)c(Cl)c2)c1. The molecule has 1 saturated heterocycles. The Hall–Kier alpha value is -2.59. The van der Waals surface area contributed by atoms with Crippen LogP contribution in [0.4, 0.5) is 0 Å². The van der Waals surface area contributed by atoms with Gasteiger partial charge in [-0.1, -0.05) is 76.8 Å². The number of carbonyl (C=O) groups is 1. The predicted molar refractivity (Wildman–Crippen MR) is 160 cm³/mol. The number of likely N-dealkylation sites (N-methyl/N-ethyl adjacent to an activating group) is 1. The monoisotopic (exact) mass is 546 g/mol. The fraction of sp³-hybridized carbons (Fsp3) is 0.364. The second-order valence-electron chi connectivity index (χ2n) is 11.1. The summed E-state index contributed by atoms with van der Waals surface area (Å²) in [6.45, 7) is 6.77. The first-order chi connectivity index (χ1) is 18.3. The van der Waals surface area contributed by atoms with E-state index in [4.69, 9.17) is 23.2 Å². The Labute approximate surface area is 236 Å². The Morgan fingerprint density at radius 2 is 1.68 bits per heavy atom. The lowest BCUT2D eigenvalue weighted by atomic mass is 9.75. The predicted octanol–water partition coefficient (Wildman–Crippen LogP) is 7.96. The summed E-state index contributed by atoms with van der Waals surface area (Å²) in [5, 5.41) is 4.63. The number of benzene rings is 3. The molecule has 1 aliphatic carbocycles. The molecule has 198 valence electrons. The maximum Gasteiger partial charge on any atom is 0.253 e. The van der Waals surface area contributed by atoms with E-state index in [0.29, 0.717) is 16.6 Å². The van der Waals surface area contributed by atoms with Crippen molar-refractivity contribution in [1.29, 1.82) is 0 Å². The number of rotatable bonds is 7. The molecule has 2 aliphatic rings. The summed E-state index contributed by atoms with van der Waals surface area (Å²) in [4.78, 5) is 15.3. The normalized spacial score (nSPS) is 16.7. The van der Waals surface area contributed by atoms with E-state index >= 15 is 0 Å². The van der Waals surface area contributed by atoms with Crippen LogP contribution in [0.3, 0.4) is 0 Å². The highest BCUT2D eigenvalue weighted by atomic mass is 35.5. The highest BCUT2D eigenvalue weighted by molar-refractivity contribution is 6.42. The number of amides is 1. The van der Waals surface area contributed by atoms with Crippen LogP contribution in [0.1, 0.15) is 69.8 Å². The van der Waals surface area contributed by atoms with Crippen LogP contribution in [-0.2, 0) is 5.41 Å². The smallest absolute Gasteiger partial charge is 0.253 e. The van der Waals surface area contributed by atoms with Crippen LogP contribution in [0.25, 0.3) is 5.57 Å². The van der Waals surface area contributed by atoms with Gasteiger partial charge in [-0.3, -0.25) is 4.79 Å². The van der Waals surface area contributed by atoms with Crippen molar-refractivity contribution in [2.75, 3.05) is 26.7 Å². The van der Waals surface area contributed by atoms with Gasteiger partial charge in [0, 0.05) is 30.5 Å². The van der Waals surface area contributed by atoms with Gasteiger partial charge in [-0.25, -0.2) is 0 Å². The third kappa shape index (κ3) is 5.57. The van der Waals surface area contributed by atoms with Crippen molar-refractivity contribution in [3.05, 3.63) is 110 Å². The van der Waals surface area contributed by atoms with Gasteiger partial charge in [-0.15, -0.1) is 0 Å². The lowest BCUT2D eigenvalue weighted by Gasteiger charge is -2.33. The number of hydrogen-bond acceptors (Lipinski definition) is 2. The Morgan fingerprint density at radius 3 is 2.39 bits per heavy atom. The summed E-state index contributed by atoms with van der Waals surface area (Å²) in [5.74, 6) is 0.170. The van der Waals surface area contributed by atoms with Crippen LogP contribution in [0.5, 0.6) is 0 Å². The molecule has 0 unspecified atom stereocenters. The molecule has 3 aromatic carbocycles. The average molecular weight is 548 g/mol. The molecular weight excluding hydrogens is 511 g/mol. The summed E-state index contributed by atoms with van der Waals surface area (Å²) in [5.41, 5.74) is 8.48. The summed E-state index contributed by atoms with van der Waals surface area (Å²) in [6, 6.07) is 20.8. The topological polar surface area (TPSA) is 32.3 Å². The number of halogens is 2. The van der Waals surface area contributed by atoms with E-state index in [1.807, 2.05) is 50.1 Å². The Balaban J connectivity index is 1.40. The first kappa shape index (κ1) is 27.0. The van der Waals surface area contributed by atoms with Crippen molar-refractivity contribution in [2.45, 2.75) is 50.9 Å². The molecule has 5 heteroatoms. The number of hydrogen-bond donors (Lipinski definition) is 1. The number of nitrogens with zero attached hydrogens (tertiary/aromatic N) is 1. The zero-order valence-electron chi connectivity index (χ0n) is 22.5. The van der Waals surface area contributed by atoms with Crippen molar-refractivity contribution < 1.29 is 4.79 Å². The zero-order valence-corrected chi connectivity index (χ0v) is 24.0. The molecule has 1 atom stereocenters. The van der Waals surface area contributed by atoms with Crippen LogP contribution in [0, 0.1) is 13.8 Å². The largest absolute Gasteiger partial charge is 0.341 e. The van der Waals surface area contributed by atoms with Crippen molar-refractivity contribution in [3.8, 4) is 0 Å². The summed E-state index contributed by atoms with van der Waals surface area (Å²) >= 11 is 12.7. The minimum Gasteiger partial charge on any atom is -0.341 e. The van der Waals surface area contributed by atoms with E-state index in [0.717, 1.165) is 61.0 Å². The average Bonchev–Trinajstić information content (AvgIpc) is 3.20. The molecule has 1 amide bonds. The number of allylic oxidation sites excluding steroid dienone is 2. The Morgan fingerprint density at radius 1 is 0.974 bits per heavy atom. The van der Waals surface area contributed by atoms with Crippen molar-refractivity contribution in [2.24, 2.45) is 0 Å². The van der Waals surface area contributed by atoms with E-state index in [2.05, 4.69) is 47.8 Å². The number of nitrogens with one attached hydrogen (secondary N) is 1. The molecule has 3 aromatic rings. The van der Waals surface area contributed by atoms with Gasteiger partial charge in [-0.05, 0) is 99.1 Å². The molecule has 5 rings (SSSR count). The minimum absolute atomic E-state index is 0.0425. The molecule has 0 saturated carbocycles. The van der Waals surface area contributed by atoms with Gasteiger partial charge in [0.2, 0.25) is 0 Å². The van der Waals surface area contributed by atoms with Gasteiger partial charge in [0.15, 0.2) is 0 Å². The number of piperidine rings is 1. The molecule has 0 radical (unpaired) electrons. The van der Waals surface area contributed by atoms with Crippen molar-refractivity contribution in [1.82, 2.24) is 10.2 Å². The lowest BCUT2D eigenvalue weighted by Crippen LogP contribution is -2.37. The molecule has 3 nitrogen and oxygen atoms in total. The van der Waals surface area contributed by atoms with E-state index in [9.17, 15) is 4.79 Å². The molecule has 0 bridgehead atoms. The standard InChI is InChI=1S/C33H36Cl2N2O/c1-22-16-23(2)18-27(17-22)32(38)37(3)21-26(24-10-11-30(34)31(35)19-24)9-8-25-20-33(12-14-36-15-13-33)29-7-5-4-6-28(25)29/h4-7,10-11,16-20,26,36H,8-9,12-15,21H2,1-3H3/t26-/m1/s1. The van der Waals surface area contributed by atoms with E-state index < -0.39 is 0 Å². The van der Waals surface area contributed by atoms with Crippen LogP contribution in [0.15, 0.2) is 66.7 Å². The van der Waals surface area contributed by atoms with Gasteiger partial charge in [-0.2, -0.15) is 0 Å². The van der Waals surface area contributed by atoms with Crippen LogP contribution in [0.2, 0.25) is 10.0 Å². The summed E-state index contributed by atoms with van der Waals surface area (Å²) in [7, 11) is 1.90. The number of carbonyl (C=O) groups excluding carboxylic acids is 1. The first-order valence-electron chi connectivity index (χ1n) is 13.6. The summed E-state index contributed by atoms with van der Waals surface area (Å²) < 4.78 is 0. The maximum atomic E-state index is 13.4. The molecule has 1 heterocycles. The molecule has 1 fully saturated rings. The number of fused-ring (bicyclic) bond motifs is 2. The molecule has 38 heavy (non-hydrogen) atoms. The highest BCUT2D eigenvalue weighted by Crippen LogP contribution is 2.48. The van der Waals surface area contributed by atoms with Gasteiger partial charge >= 0.3 is 0 Å². The van der Waals surface area contributed by atoms with Crippen LogP contribution >= 0.6 is 23.2 Å². The van der Waals surface area contributed by atoms with Gasteiger partial charge in [0.1, 0.15) is 0 Å². The maximum absolute atomic E-state index is 13.4. The molecular formula is C33H36Cl2N2O. The molecule has 1 spiro atoms. The highest BCUT2D eigenvalue weighted by Gasteiger charge is 2.38. The number of aryl methyl sites for hydroxylation is 2. The minimum atomic E-state index is 0.0425. The third-order valence-electron chi connectivity index (χ3n) is 8.24. The fourth-order valence-electron chi connectivity index (χ4n) is 6.37. The molecule has 1 aliphatic heterocycles. The third-order valence-corrected chi connectivity index (χ3v) is 8.98.